The predicted molar refractivity (Wildman–Crippen MR) is 54.5 cm³/mol. The number of rotatable bonds is 2. The molecule has 0 saturated heterocycles. The molecule has 2 nitrogen and oxygen atoms in total. The van der Waals surface area contributed by atoms with E-state index in [4.69, 9.17) is 0 Å². The summed E-state index contributed by atoms with van der Waals surface area (Å²) in [6, 6.07) is 2.38. The third-order valence-corrected chi connectivity index (χ3v) is 2.93. The second-order valence-corrected chi connectivity index (χ2v) is 3.93. The van der Waals surface area contributed by atoms with Gasteiger partial charge in [-0.1, -0.05) is 0 Å². The molecule has 0 spiro atoms. The zero-order chi connectivity index (χ0) is 11.7. The van der Waals surface area contributed by atoms with Crippen LogP contribution in [-0.2, 0) is 4.79 Å². The quantitative estimate of drug-likeness (QED) is 0.775. The van der Waals surface area contributed by atoms with Gasteiger partial charge < -0.3 is 4.74 Å². The van der Waals surface area contributed by atoms with Gasteiger partial charge in [-0.2, -0.15) is 0 Å². The van der Waals surface area contributed by atoms with E-state index in [0.29, 0.717) is 18.4 Å². The zero-order valence-corrected chi connectivity index (χ0v) is 8.93. The molecular weight excluding hydrogens is 214 g/mol. The molecule has 1 aliphatic carbocycles. The highest BCUT2D eigenvalue weighted by atomic mass is 19.1. The van der Waals surface area contributed by atoms with Crippen LogP contribution in [0.25, 0.3) is 0 Å². The monoisotopic (exact) mass is 226 g/mol. The maximum Gasteiger partial charge on any atom is 0.190 e. The summed E-state index contributed by atoms with van der Waals surface area (Å²) in [6.45, 7) is 0. The minimum atomic E-state index is -0.753. The van der Waals surface area contributed by atoms with Crippen molar-refractivity contribution in [3.05, 3.63) is 29.3 Å². The molecule has 0 N–H and O–H groups in total. The number of hydrogen-bond acceptors (Lipinski definition) is 2. The molecule has 1 saturated carbocycles. The van der Waals surface area contributed by atoms with Gasteiger partial charge in [-0.05, 0) is 30.5 Å². The summed E-state index contributed by atoms with van der Waals surface area (Å²) in [5.41, 5.74) is 0.415. The molecule has 1 atom stereocenters. The van der Waals surface area contributed by atoms with Gasteiger partial charge in [-0.3, -0.25) is 4.79 Å². The molecule has 1 unspecified atom stereocenters. The Labute approximate surface area is 92.2 Å². The van der Waals surface area contributed by atoms with Crippen molar-refractivity contribution in [2.45, 2.75) is 25.2 Å². The summed E-state index contributed by atoms with van der Waals surface area (Å²) in [5.74, 6) is -2.19. The topological polar surface area (TPSA) is 26.3 Å². The van der Waals surface area contributed by atoms with Crippen LogP contribution in [-0.4, -0.2) is 12.9 Å². The first-order valence-electron chi connectivity index (χ1n) is 5.19. The van der Waals surface area contributed by atoms with E-state index >= 15 is 0 Å². The minimum Gasteiger partial charge on any atom is -0.491 e. The molecular formula is C12H12F2O2. The van der Waals surface area contributed by atoms with Gasteiger partial charge in [0.2, 0.25) is 0 Å². The van der Waals surface area contributed by atoms with Crippen LogP contribution in [0.15, 0.2) is 12.1 Å². The van der Waals surface area contributed by atoms with Crippen LogP contribution in [0.1, 0.15) is 30.7 Å². The minimum absolute atomic E-state index is 0.0592. The van der Waals surface area contributed by atoms with Crippen LogP contribution in [0.2, 0.25) is 0 Å². The number of halogens is 2. The van der Waals surface area contributed by atoms with Crippen LogP contribution >= 0.6 is 0 Å². The Morgan fingerprint density at radius 3 is 2.38 bits per heavy atom. The summed E-state index contributed by atoms with van der Waals surface area (Å²) in [5, 5.41) is 0. The van der Waals surface area contributed by atoms with Gasteiger partial charge in [0.25, 0.3) is 0 Å². The second kappa shape index (κ2) is 4.20. The van der Waals surface area contributed by atoms with E-state index in [1.54, 1.807) is 0 Å². The Bertz CT molecular complexity index is 406. The van der Waals surface area contributed by atoms with Crippen molar-refractivity contribution < 1.29 is 18.3 Å². The standard InChI is InChI=1S/C12H12F2O2/c1-16-12-9(13)5-7(6-10(12)14)8-3-2-4-11(8)15/h5-6,8H,2-4H2,1H3. The Morgan fingerprint density at radius 2 is 1.94 bits per heavy atom. The van der Waals surface area contributed by atoms with Gasteiger partial charge in [-0.25, -0.2) is 8.78 Å². The Balaban J connectivity index is 2.39. The number of ether oxygens (including phenoxy) is 1. The number of carbonyl (C=O) groups is 1. The Morgan fingerprint density at radius 1 is 1.31 bits per heavy atom. The molecule has 2 rings (SSSR count). The maximum absolute atomic E-state index is 13.4. The van der Waals surface area contributed by atoms with Crippen molar-refractivity contribution in [2.24, 2.45) is 0 Å². The highest BCUT2D eigenvalue weighted by Gasteiger charge is 2.27. The van der Waals surface area contributed by atoms with Gasteiger partial charge in [0, 0.05) is 12.3 Å². The lowest BCUT2D eigenvalue weighted by molar-refractivity contribution is -0.118. The number of ketones is 1. The number of methoxy groups -OCH3 is 1. The molecule has 0 aliphatic heterocycles. The highest BCUT2D eigenvalue weighted by molar-refractivity contribution is 5.87. The van der Waals surface area contributed by atoms with E-state index in [2.05, 4.69) is 4.74 Å². The third-order valence-electron chi connectivity index (χ3n) is 2.93. The molecule has 4 heteroatoms. The summed E-state index contributed by atoms with van der Waals surface area (Å²) < 4.78 is 31.4. The predicted octanol–water partition coefficient (Wildman–Crippen LogP) is 2.81. The van der Waals surface area contributed by atoms with Crippen molar-refractivity contribution in [1.82, 2.24) is 0 Å². The SMILES string of the molecule is COc1c(F)cc(C2CCCC2=O)cc1F. The van der Waals surface area contributed by atoms with Gasteiger partial charge in [0.05, 0.1) is 7.11 Å². The zero-order valence-electron chi connectivity index (χ0n) is 8.93. The van der Waals surface area contributed by atoms with Gasteiger partial charge in [-0.15, -0.1) is 0 Å². The maximum atomic E-state index is 13.4. The van der Waals surface area contributed by atoms with Crippen molar-refractivity contribution in [3.8, 4) is 5.75 Å². The lowest BCUT2D eigenvalue weighted by Crippen LogP contribution is -2.06. The molecule has 1 aliphatic rings. The summed E-state index contributed by atoms with van der Waals surface area (Å²) in [4.78, 5) is 11.5. The fourth-order valence-corrected chi connectivity index (χ4v) is 2.14. The third kappa shape index (κ3) is 1.79. The van der Waals surface area contributed by atoms with E-state index < -0.39 is 17.4 Å². The average molecular weight is 226 g/mol. The molecule has 0 heterocycles. The summed E-state index contributed by atoms with van der Waals surface area (Å²) >= 11 is 0. The molecule has 0 bridgehead atoms. The first-order valence-corrected chi connectivity index (χ1v) is 5.19. The van der Waals surface area contributed by atoms with Crippen molar-refractivity contribution in [2.75, 3.05) is 7.11 Å². The van der Waals surface area contributed by atoms with Crippen LogP contribution in [0.5, 0.6) is 5.75 Å². The fraction of sp³-hybridized carbons (Fsp3) is 0.417. The van der Waals surface area contributed by atoms with Crippen molar-refractivity contribution >= 4 is 5.78 Å². The first-order chi connectivity index (χ1) is 7.63. The number of Topliss-reactive ketones (excluding diaryl/α,β-unsaturated/α-hetero) is 1. The molecule has 1 fully saturated rings. The first kappa shape index (κ1) is 11.0. The van der Waals surface area contributed by atoms with Crippen molar-refractivity contribution in [1.29, 1.82) is 0 Å². The van der Waals surface area contributed by atoms with Crippen LogP contribution in [0, 0.1) is 11.6 Å². The number of benzene rings is 1. The summed E-state index contributed by atoms with van der Waals surface area (Å²) in [7, 11) is 1.21. The normalized spacial score (nSPS) is 20.2. The summed E-state index contributed by atoms with van der Waals surface area (Å²) in [6.07, 6.45) is 1.96. The molecule has 86 valence electrons. The van der Waals surface area contributed by atoms with Crippen molar-refractivity contribution in [3.63, 3.8) is 0 Å². The Hall–Kier alpha value is -1.45. The smallest absolute Gasteiger partial charge is 0.190 e. The number of carbonyl (C=O) groups excluding carboxylic acids is 1. The van der Waals surface area contributed by atoms with Crippen LogP contribution < -0.4 is 4.74 Å². The van der Waals surface area contributed by atoms with Crippen LogP contribution in [0.3, 0.4) is 0 Å². The number of hydrogen-bond donors (Lipinski definition) is 0. The second-order valence-electron chi connectivity index (χ2n) is 3.93. The van der Waals surface area contributed by atoms with Gasteiger partial charge in [0.15, 0.2) is 17.4 Å². The Kier molecular flexibility index (Phi) is 2.90. The molecule has 0 amide bonds. The molecule has 0 radical (unpaired) electrons. The molecule has 0 aromatic heterocycles. The average Bonchev–Trinajstić information content (AvgIpc) is 2.64. The van der Waals surface area contributed by atoms with E-state index in [9.17, 15) is 13.6 Å². The van der Waals surface area contributed by atoms with Gasteiger partial charge in [0.1, 0.15) is 5.78 Å². The van der Waals surface area contributed by atoms with E-state index in [-0.39, 0.29) is 11.7 Å². The fourth-order valence-electron chi connectivity index (χ4n) is 2.14. The van der Waals surface area contributed by atoms with Crippen LogP contribution in [0.4, 0.5) is 8.78 Å². The lowest BCUT2D eigenvalue weighted by atomic mass is 9.96. The molecule has 16 heavy (non-hydrogen) atoms. The highest BCUT2D eigenvalue weighted by Crippen LogP contribution is 2.34. The lowest BCUT2D eigenvalue weighted by Gasteiger charge is -2.11. The van der Waals surface area contributed by atoms with Gasteiger partial charge >= 0.3 is 0 Å². The molecule has 1 aromatic carbocycles. The largest absolute Gasteiger partial charge is 0.491 e. The molecule has 1 aromatic rings. The van der Waals surface area contributed by atoms with E-state index in [1.165, 1.54) is 19.2 Å². The van der Waals surface area contributed by atoms with E-state index in [0.717, 1.165) is 6.42 Å². The van der Waals surface area contributed by atoms with E-state index in [1.807, 2.05) is 0 Å².